The number of halogens is 1. The predicted octanol–water partition coefficient (Wildman–Crippen LogP) is 1.81. The van der Waals surface area contributed by atoms with Crippen molar-refractivity contribution in [3.8, 4) is 5.75 Å². The Morgan fingerprint density at radius 3 is 3.00 bits per heavy atom. The Bertz CT molecular complexity index is 368. The van der Waals surface area contributed by atoms with E-state index in [4.69, 9.17) is 4.74 Å². The van der Waals surface area contributed by atoms with Crippen LogP contribution in [0.5, 0.6) is 5.75 Å². The Labute approximate surface area is 103 Å². The van der Waals surface area contributed by atoms with Gasteiger partial charge in [-0.05, 0) is 25.1 Å². The zero-order chi connectivity index (χ0) is 12.0. The lowest BCUT2D eigenvalue weighted by Crippen LogP contribution is -2.24. The van der Waals surface area contributed by atoms with Crippen molar-refractivity contribution < 1.29 is 14.6 Å². The van der Waals surface area contributed by atoms with Crippen LogP contribution in [0.25, 0.3) is 0 Å². The van der Waals surface area contributed by atoms with Crippen LogP contribution < -0.4 is 5.32 Å². The van der Waals surface area contributed by atoms with E-state index in [2.05, 4.69) is 21.2 Å². The normalized spacial score (nSPS) is 10.1. The first kappa shape index (κ1) is 13.0. The van der Waals surface area contributed by atoms with E-state index in [9.17, 15) is 9.90 Å². The molecule has 0 radical (unpaired) electrons. The molecular weight excluding hydrogens is 274 g/mol. The van der Waals surface area contributed by atoms with Crippen LogP contribution in [0, 0.1) is 0 Å². The van der Waals surface area contributed by atoms with Crippen molar-refractivity contribution in [1.29, 1.82) is 0 Å². The van der Waals surface area contributed by atoms with Gasteiger partial charge in [-0.1, -0.05) is 15.9 Å². The molecule has 88 valence electrons. The molecule has 2 N–H and O–H groups in total. The largest absolute Gasteiger partial charge is 0.508 e. The van der Waals surface area contributed by atoms with Gasteiger partial charge in [-0.15, -0.1) is 0 Å². The number of nitrogens with one attached hydrogen (secondary N) is 1. The molecule has 0 heterocycles. The Kier molecular flexibility index (Phi) is 5.28. The van der Waals surface area contributed by atoms with E-state index in [1.807, 2.05) is 0 Å². The molecule has 0 unspecified atom stereocenters. The fourth-order valence-electron chi connectivity index (χ4n) is 1.21. The van der Waals surface area contributed by atoms with Gasteiger partial charge in [0.1, 0.15) is 5.75 Å². The molecule has 0 aliphatic heterocycles. The van der Waals surface area contributed by atoms with E-state index in [0.29, 0.717) is 13.2 Å². The first-order valence-corrected chi connectivity index (χ1v) is 5.76. The van der Waals surface area contributed by atoms with E-state index >= 15 is 0 Å². The highest BCUT2D eigenvalue weighted by atomic mass is 79.9. The number of benzene rings is 1. The molecule has 0 bridgehead atoms. The molecule has 0 spiro atoms. The Balaban J connectivity index is 2.42. The van der Waals surface area contributed by atoms with Crippen molar-refractivity contribution >= 4 is 21.9 Å². The molecule has 0 aliphatic carbocycles. The van der Waals surface area contributed by atoms with E-state index in [1.165, 1.54) is 0 Å². The van der Waals surface area contributed by atoms with E-state index in [0.717, 1.165) is 10.0 Å². The highest BCUT2D eigenvalue weighted by Gasteiger charge is 2.04. The van der Waals surface area contributed by atoms with E-state index in [-0.39, 0.29) is 18.3 Å². The number of hydrogen-bond acceptors (Lipinski definition) is 4. The molecule has 0 atom stereocenters. The standard InChI is InChI=1S/C11H14BrNO3/c1-2-16-11(15)7-13-6-8-5-9(12)3-4-10(8)14/h3-5,13-14H,2,6-7H2,1H3. The molecule has 1 aromatic carbocycles. The number of phenolic OH excluding ortho intramolecular Hbond substituents is 1. The number of rotatable bonds is 5. The first-order chi connectivity index (χ1) is 7.63. The number of ether oxygens (including phenoxy) is 1. The topological polar surface area (TPSA) is 58.6 Å². The molecule has 4 nitrogen and oxygen atoms in total. The summed E-state index contributed by atoms with van der Waals surface area (Å²) in [4.78, 5) is 11.0. The minimum absolute atomic E-state index is 0.139. The van der Waals surface area contributed by atoms with Gasteiger partial charge in [0.25, 0.3) is 0 Å². The molecule has 0 saturated carbocycles. The molecule has 0 fully saturated rings. The average Bonchev–Trinajstić information content (AvgIpc) is 2.23. The molecule has 5 heteroatoms. The second kappa shape index (κ2) is 6.50. The highest BCUT2D eigenvalue weighted by molar-refractivity contribution is 9.10. The third kappa shape index (κ3) is 4.20. The lowest BCUT2D eigenvalue weighted by Gasteiger charge is -2.07. The summed E-state index contributed by atoms with van der Waals surface area (Å²) in [5.41, 5.74) is 0.735. The van der Waals surface area contributed by atoms with E-state index < -0.39 is 0 Å². The average molecular weight is 288 g/mol. The summed E-state index contributed by atoms with van der Waals surface area (Å²) in [6.45, 7) is 2.70. The van der Waals surface area contributed by atoms with Crippen LogP contribution in [0.15, 0.2) is 22.7 Å². The quantitative estimate of drug-likeness (QED) is 0.811. The smallest absolute Gasteiger partial charge is 0.319 e. The number of carbonyl (C=O) groups excluding carboxylic acids is 1. The lowest BCUT2D eigenvalue weighted by atomic mass is 10.2. The predicted molar refractivity (Wildman–Crippen MR) is 64.1 cm³/mol. The van der Waals surface area contributed by atoms with Crippen LogP contribution in [0.1, 0.15) is 12.5 Å². The van der Waals surface area contributed by atoms with Crippen molar-refractivity contribution in [2.45, 2.75) is 13.5 Å². The maximum Gasteiger partial charge on any atom is 0.319 e. The highest BCUT2D eigenvalue weighted by Crippen LogP contribution is 2.21. The van der Waals surface area contributed by atoms with Gasteiger partial charge in [-0.3, -0.25) is 4.79 Å². The van der Waals surface area contributed by atoms with Crippen LogP contribution in [-0.2, 0) is 16.1 Å². The zero-order valence-corrected chi connectivity index (χ0v) is 10.6. The fraction of sp³-hybridized carbons (Fsp3) is 0.364. The summed E-state index contributed by atoms with van der Waals surface area (Å²) in [6.07, 6.45) is 0. The molecule has 0 saturated heterocycles. The SMILES string of the molecule is CCOC(=O)CNCc1cc(Br)ccc1O. The van der Waals surface area contributed by atoms with E-state index in [1.54, 1.807) is 25.1 Å². The summed E-state index contributed by atoms with van der Waals surface area (Å²) in [5, 5.41) is 12.4. The second-order valence-electron chi connectivity index (χ2n) is 3.18. The molecule has 0 aliphatic rings. The van der Waals surface area contributed by atoms with Crippen molar-refractivity contribution in [1.82, 2.24) is 5.32 Å². The summed E-state index contributed by atoms with van der Waals surface area (Å²) in [6, 6.07) is 5.16. The van der Waals surface area contributed by atoms with Crippen molar-refractivity contribution in [2.75, 3.05) is 13.2 Å². The van der Waals surface area contributed by atoms with Crippen LogP contribution in [-0.4, -0.2) is 24.2 Å². The van der Waals surface area contributed by atoms with Gasteiger partial charge in [0, 0.05) is 16.6 Å². The molecule has 0 amide bonds. The van der Waals surface area contributed by atoms with Crippen molar-refractivity contribution in [3.63, 3.8) is 0 Å². The maximum atomic E-state index is 11.0. The lowest BCUT2D eigenvalue weighted by molar-refractivity contribution is -0.142. The Morgan fingerprint density at radius 2 is 2.31 bits per heavy atom. The van der Waals surface area contributed by atoms with Crippen LogP contribution in [0.3, 0.4) is 0 Å². The van der Waals surface area contributed by atoms with Crippen LogP contribution >= 0.6 is 15.9 Å². The number of hydrogen-bond donors (Lipinski definition) is 2. The number of phenols is 1. The molecule has 16 heavy (non-hydrogen) atoms. The molecule has 1 aromatic rings. The third-order valence-corrected chi connectivity index (χ3v) is 2.42. The van der Waals surface area contributed by atoms with Gasteiger partial charge in [0.2, 0.25) is 0 Å². The summed E-state index contributed by atoms with van der Waals surface area (Å²) in [7, 11) is 0. The minimum atomic E-state index is -0.294. The molecule has 1 rings (SSSR count). The van der Waals surface area contributed by atoms with Crippen LogP contribution in [0.4, 0.5) is 0 Å². The maximum absolute atomic E-state index is 11.0. The van der Waals surface area contributed by atoms with Gasteiger partial charge >= 0.3 is 5.97 Å². The van der Waals surface area contributed by atoms with Crippen LogP contribution in [0.2, 0.25) is 0 Å². The van der Waals surface area contributed by atoms with Crippen molar-refractivity contribution in [2.24, 2.45) is 0 Å². The number of aromatic hydroxyl groups is 1. The van der Waals surface area contributed by atoms with Gasteiger partial charge in [0.05, 0.1) is 13.2 Å². The summed E-state index contributed by atoms with van der Waals surface area (Å²) in [5.74, 6) is -0.0865. The Morgan fingerprint density at radius 1 is 1.56 bits per heavy atom. The number of carbonyl (C=O) groups is 1. The zero-order valence-electron chi connectivity index (χ0n) is 9.00. The summed E-state index contributed by atoms with van der Waals surface area (Å²) >= 11 is 3.31. The van der Waals surface area contributed by atoms with Gasteiger partial charge < -0.3 is 15.2 Å². The van der Waals surface area contributed by atoms with Gasteiger partial charge in [-0.25, -0.2) is 0 Å². The third-order valence-electron chi connectivity index (χ3n) is 1.93. The first-order valence-electron chi connectivity index (χ1n) is 4.97. The van der Waals surface area contributed by atoms with Crippen molar-refractivity contribution in [3.05, 3.63) is 28.2 Å². The summed E-state index contributed by atoms with van der Waals surface area (Å²) < 4.78 is 5.65. The molecule has 0 aromatic heterocycles. The fourth-order valence-corrected chi connectivity index (χ4v) is 1.62. The minimum Gasteiger partial charge on any atom is -0.508 e. The number of esters is 1. The van der Waals surface area contributed by atoms with Gasteiger partial charge in [0.15, 0.2) is 0 Å². The monoisotopic (exact) mass is 287 g/mol. The Hall–Kier alpha value is -1.07. The van der Waals surface area contributed by atoms with Gasteiger partial charge in [-0.2, -0.15) is 0 Å². The molecular formula is C11H14BrNO3. The second-order valence-corrected chi connectivity index (χ2v) is 4.10.